The molecule has 0 aromatic carbocycles. The Balaban J connectivity index is 1.74. The van der Waals surface area contributed by atoms with E-state index in [1.165, 1.54) is 19.3 Å². The molecule has 2 heteroatoms. The van der Waals surface area contributed by atoms with Gasteiger partial charge in [0.2, 0.25) is 0 Å². The van der Waals surface area contributed by atoms with Gasteiger partial charge in [-0.2, -0.15) is 0 Å². The van der Waals surface area contributed by atoms with Crippen molar-refractivity contribution in [1.82, 2.24) is 0 Å². The summed E-state index contributed by atoms with van der Waals surface area (Å²) in [4.78, 5) is 0.826. The van der Waals surface area contributed by atoms with Crippen LogP contribution in [-0.4, -0.2) is 17.0 Å². The van der Waals surface area contributed by atoms with E-state index in [0.29, 0.717) is 12.2 Å². The lowest BCUT2D eigenvalue weighted by atomic mass is 9.81. The van der Waals surface area contributed by atoms with Gasteiger partial charge in [0.25, 0.3) is 0 Å². The van der Waals surface area contributed by atoms with Crippen molar-refractivity contribution in [2.45, 2.75) is 36.3 Å². The van der Waals surface area contributed by atoms with Crippen molar-refractivity contribution < 1.29 is 4.74 Å². The molecule has 0 aromatic heterocycles. The van der Waals surface area contributed by atoms with Crippen LogP contribution in [0.2, 0.25) is 0 Å². The standard InChI is InChI=1S/C10H13BrO/c11-7-2-4-1-6(7)9-5(4)3-8-10(9)12-8/h4-10H,1-3H2/t4-,5+,6+,7+,8+,9-,10-/m0/s1. The van der Waals surface area contributed by atoms with E-state index in [1.54, 1.807) is 0 Å². The van der Waals surface area contributed by atoms with Crippen LogP contribution in [0.15, 0.2) is 0 Å². The van der Waals surface area contributed by atoms with Crippen LogP contribution in [0.5, 0.6) is 0 Å². The molecule has 4 fully saturated rings. The molecular weight excluding hydrogens is 216 g/mol. The maximum atomic E-state index is 5.65. The Morgan fingerprint density at radius 2 is 2.00 bits per heavy atom. The third-order valence-electron chi connectivity index (χ3n) is 4.67. The molecule has 1 heterocycles. The number of epoxide rings is 1. The van der Waals surface area contributed by atoms with Gasteiger partial charge in [-0.05, 0) is 42.9 Å². The molecule has 1 saturated heterocycles. The van der Waals surface area contributed by atoms with Crippen molar-refractivity contribution >= 4 is 15.9 Å². The molecule has 0 unspecified atom stereocenters. The zero-order valence-corrected chi connectivity index (χ0v) is 8.53. The summed E-state index contributed by atoms with van der Waals surface area (Å²) in [5.41, 5.74) is 0. The van der Waals surface area contributed by atoms with Gasteiger partial charge in [0.1, 0.15) is 0 Å². The van der Waals surface area contributed by atoms with E-state index in [4.69, 9.17) is 4.74 Å². The minimum Gasteiger partial charge on any atom is -0.369 e. The highest BCUT2D eigenvalue weighted by molar-refractivity contribution is 9.09. The Hall–Kier alpha value is 0.440. The van der Waals surface area contributed by atoms with Crippen LogP contribution in [-0.2, 0) is 4.74 Å². The highest BCUT2D eigenvalue weighted by Crippen LogP contribution is 2.65. The first-order valence-corrected chi connectivity index (χ1v) is 6.05. The molecule has 4 rings (SSSR count). The molecule has 0 spiro atoms. The quantitative estimate of drug-likeness (QED) is 0.458. The summed E-state index contributed by atoms with van der Waals surface area (Å²) in [5.74, 6) is 4.05. The Bertz CT molecular complexity index is 242. The molecule has 3 saturated carbocycles. The van der Waals surface area contributed by atoms with Crippen LogP contribution >= 0.6 is 15.9 Å². The Morgan fingerprint density at radius 1 is 1.08 bits per heavy atom. The lowest BCUT2D eigenvalue weighted by Gasteiger charge is -2.29. The minimum absolute atomic E-state index is 0.697. The SMILES string of the molecule is Br[C@@H]1C[C@@H]2C[C@H]1[C@@H]1[C@@H]2C[C@H]2O[C@H]12. The lowest BCUT2D eigenvalue weighted by Crippen LogP contribution is -2.28. The van der Waals surface area contributed by atoms with E-state index in [9.17, 15) is 0 Å². The highest BCUT2D eigenvalue weighted by Gasteiger charge is 2.66. The summed E-state index contributed by atoms with van der Waals surface area (Å²) < 4.78 is 5.65. The fourth-order valence-corrected chi connectivity index (χ4v) is 5.28. The van der Waals surface area contributed by atoms with Gasteiger partial charge in [-0.3, -0.25) is 0 Å². The fraction of sp³-hybridized carbons (Fsp3) is 1.00. The van der Waals surface area contributed by atoms with E-state index in [2.05, 4.69) is 15.9 Å². The van der Waals surface area contributed by atoms with Crippen LogP contribution in [0.4, 0.5) is 0 Å². The molecule has 2 bridgehead atoms. The maximum absolute atomic E-state index is 5.65. The van der Waals surface area contributed by atoms with Crippen molar-refractivity contribution in [3.8, 4) is 0 Å². The molecular formula is C10H13BrO. The van der Waals surface area contributed by atoms with Crippen LogP contribution < -0.4 is 0 Å². The van der Waals surface area contributed by atoms with E-state index in [0.717, 1.165) is 28.5 Å². The predicted octanol–water partition coefficient (Wildman–Crippen LogP) is 2.19. The zero-order valence-electron chi connectivity index (χ0n) is 6.95. The van der Waals surface area contributed by atoms with Crippen molar-refractivity contribution in [2.75, 3.05) is 0 Å². The third kappa shape index (κ3) is 0.630. The molecule has 0 amide bonds. The second-order valence-electron chi connectivity index (χ2n) is 5.03. The van der Waals surface area contributed by atoms with Gasteiger partial charge >= 0.3 is 0 Å². The second kappa shape index (κ2) is 1.93. The predicted molar refractivity (Wildman–Crippen MR) is 49.2 cm³/mol. The van der Waals surface area contributed by atoms with Crippen molar-refractivity contribution in [1.29, 1.82) is 0 Å². The number of ether oxygens (including phenoxy) is 1. The normalized spacial score (nSPS) is 71.2. The number of hydrogen-bond acceptors (Lipinski definition) is 1. The summed E-state index contributed by atoms with van der Waals surface area (Å²) in [6.07, 6.45) is 5.74. The summed E-state index contributed by atoms with van der Waals surface area (Å²) in [7, 11) is 0. The first-order chi connectivity index (χ1) is 5.84. The first-order valence-electron chi connectivity index (χ1n) is 5.14. The molecule has 1 nitrogen and oxygen atoms in total. The summed E-state index contributed by atoms with van der Waals surface area (Å²) in [6, 6.07) is 0. The van der Waals surface area contributed by atoms with Gasteiger partial charge in [0, 0.05) is 4.83 Å². The van der Waals surface area contributed by atoms with Gasteiger partial charge in [-0.25, -0.2) is 0 Å². The van der Waals surface area contributed by atoms with Crippen molar-refractivity contribution in [2.24, 2.45) is 23.7 Å². The Morgan fingerprint density at radius 3 is 2.92 bits per heavy atom. The summed E-state index contributed by atoms with van der Waals surface area (Å²) in [5, 5.41) is 0. The number of rotatable bonds is 0. The monoisotopic (exact) mass is 228 g/mol. The lowest BCUT2D eigenvalue weighted by molar-refractivity contribution is 0.151. The van der Waals surface area contributed by atoms with Gasteiger partial charge in [0.15, 0.2) is 0 Å². The van der Waals surface area contributed by atoms with Crippen LogP contribution in [0.3, 0.4) is 0 Å². The van der Waals surface area contributed by atoms with Crippen LogP contribution in [0.1, 0.15) is 19.3 Å². The molecule has 12 heavy (non-hydrogen) atoms. The molecule has 66 valence electrons. The summed E-state index contributed by atoms with van der Waals surface area (Å²) >= 11 is 3.82. The summed E-state index contributed by atoms with van der Waals surface area (Å²) in [6.45, 7) is 0. The fourth-order valence-electron chi connectivity index (χ4n) is 4.23. The molecule has 7 atom stereocenters. The molecule has 3 aliphatic carbocycles. The molecule has 0 N–H and O–H groups in total. The van der Waals surface area contributed by atoms with E-state index in [1.807, 2.05) is 0 Å². The van der Waals surface area contributed by atoms with Gasteiger partial charge in [-0.15, -0.1) is 0 Å². The number of hydrogen-bond donors (Lipinski definition) is 0. The molecule has 4 aliphatic rings. The van der Waals surface area contributed by atoms with Crippen LogP contribution in [0.25, 0.3) is 0 Å². The molecule has 0 aromatic rings. The number of halogens is 1. The van der Waals surface area contributed by atoms with Gasteiger partial charge in [0.05, 0.1) is 12.2 Å². The Kier molecular flexibility index (Phi) is 1.10. The molecule has 1 aliphatic heterocycles. The average Bonchev–Trinajstić information content (AvgIpc) is 2.42. The second-order valence-corrected chi connectivity index (χ2v) is 6.20. The van der Waals surface area contributed by atoms with Crippen molar-refractivity contribution in [3.05, 3.63) is 0 Å². The van der Waals surface area contributed by atoms with Crippen molar-refractivity contribution in [3.63, 3.8) is 0 Å². The van der Waals surface area contributed by atoms with Crippen LogP contribution in [0, 0.1) is 23.7 Å². The molecule has 0 radical (unpaired) electrons. The maximum Gasteiger partial charge on any atom is 0.0875 e. The Labute approximate surface area is 81.0 Å². The number of alkyl halides is 1. The minimum atomic E-state index is 0.697. The number of fused-ring (bicyclic) bond motifs is 7. The van der Waals surface area contributed by atoms with E-state index >= 15 is 0 Å². The van der Waals surface area contributed by atoms with E-state index < -0.39 is 0 Å². The topological polar surface area (TPSA) is 12.5 Å². The largest absolute Gasteiger partial charge is 0.369 e. The first kappa shape index (κ1) is 6.83. The third-order valence-corrected chi connectivity index (χ3v) is 5.72. The average molecular weight is 229 g/mol. The zero-order chi connectivity index (χ0) is 7.87. The highest BCUT2D eigenvalue weighted by atomic mass is 79.9. The van der Waals surface area contributed by atoms with Gasteiger partial charge < -0.3 is 4.74 Å². The van der Waals surface area contributed by atoms with E-state index in [-0.39, 0.29) is 0 Å². The smallest absolute Gasteiger partial charge is 0.0875 e. The van der Waals surface area contributed by atoms with Gasteiger partial charge in [-0.1, -0.05) is 15.9 Å².